The molecule has 1 amide bonds. The minimum atomic E-state index is -0.278. The van der Waals surface area contributed by atoms with Crippen LogP contribution in [0.15, 0.2) is 24.3 Å². The average molecular weight is 320 g/mol. The first-order valence-corrected chi connectivity index (χ1v) is 8.33. The molecule has 5 heteroatoms. The molecule has 0 aliphatic carbocycles. The zero-order chi connectivity index (χ0) is 16.4. The van der Waals surface area contributed by atoms with Gasteiger partial charge in [0.15, 0.2) is 0 Å². The number of rotatable bonds is 3. The lowest BCUT2D eigenvalue weighted by Crippen LogP contribution is -2.45. The van der Waals surface area contributed by atoms with Gasteiger partial charge in [-0.3, -0.25) is 9.69 Å². The number of hydrogen-bond acceptors (Lipinski definition) is 3. The predicted molar refractivity (Wildman–Crippen MR) is 86.4 cm³/mol. The van der Waals surface area contributed by atoms with Crippen LogP contribution in [-0.2, 0) is 16.1 Å². The molecular formula is C18H25FN2O2. The maximum absolute atomic E-state index is 13.3. The Hall–Kier alpha value is -1.46. The Balaban J connectivity index is 1.53. The van der Waals surface area contributed by atoms with Crippen LogP contribution in [0.3, 0.4) is 0 Å². The van der Waals surface area contributed by atoms with Crippen LogP contribution < -0.4 is 0 Å². The van der Waals surface area contributed by atoms with Crippen molar-refractivity contribution in [3.8, 4) is 0 Å². The van der Waals surface area contributed by atoms with Crippen LogP contribution in [0.2, 0.25) is 0 Å². The second-order valence-corrected chi connectivity index (χ2v) is 6.97. The van der Waals surface area contributed by atoms with Crippen LogP contribution in [0.1, 0.15) is 31.2 Å². The highest BCUT2D eigenvalue weighted by atomic mass is 19.1. The number of likely N-dealkylation sites (N-methyl/N-ethyl adjacent to an activating group) is 1. The summed E-state index contributed by atoms with van der Waals surface area (Å²) in [4.78, 5) is 16.0. The van der Waals surface area contributed by atoms with Gasteiger partial charge in [0.25, 0.3) is 5.91 Å². The number of hydrogen-bond donors (Lipinski definition) is 0. The highest BCUT2D eigenvalue weighted by Gasteiger charge is 2.44. The van der Waals surface area contributed by atoms with E-state index in [1.807, 2.05) is 6.07 Å². The standard InChI is InChI=1S/C18H25FN2O2/c1-20(2)17(22)16-6-7-18(23-16)8-10-21(11-9-18)13-14-4-3-5-15(19)12-14/h3-5,12,16H,6-11,13H2,1-2H3/t16-/m1/s1. The molecule has 0 aromatic heterocycles. The van der Waals surface area contributed by atoms with Crippen molar-refractivity contribution >= 4 is 5.91 Å². The molecular weight excluding hydrogens is 295 g/mol. The van der Waals surface area contributed by atoms with E-state index in [2.05, 4.69) is 4.90 Å². The molecule has 2 heterocycles. The Morgan fingerprint density at radius 2 is 2.09 bits per heavy atom. The summed E-state index contributed by atoms with van der Waals surface area (Å²) in [6.07, 6.45) is 3.39. The summed E-state index contributed by atoms with van der Waals surface area (Å²) in [5.74, 6) is -0.107. The van der Waals surface area contributed by atoms with Crippen molar-refractivity contribution in [2.24, 2.45) is 0 Å². The van der Waals surface area contributed by atoms with E-state index in [1.165, 1.54) is 6.07 Å². The molecule has 1 aromatic carbocycles. The summed E-state index contributed by atoms with van der Waals surface area (Å²) < 4.78 is 19.4. The lowest BCUT2D eigenvalue weighted by molar-refractivity contribution is -0.148. The van der Waals surface area contributed by atoms with Crippen molar-refractivity contribution in [1.29, 1.82) is 0 Å². The van der Waals surface area contributed by atoms with Crippen molar-refractivity contribution in [3.05, 3.63) is 35.6 Å². The number of likely N-dealkylation sites (tertiary alicyclic amines) is 1. The lowest BCUT2D eigenvalue weighted by Gasteiger charge is -2.39. The Kier molecular flexibility index (Phi) is 4.69. The lowest BCUT2D eigenvalue weighted by atomic mass is 9.88. The van der Waals surface area contributed by atoms with Gasteiger partial charge in [-0.1, -0.05) is 12.1 Å². The fourth-order valence-electron chi connectivity index (χ4n) is 3.66. The SMILES string of the molecule is CN(C)C(=O)[C@H]1CCC2(CCN(Cc3cccc(F)c3)CC2)O1. The first-order chi connectivity index (χ1) is 11.0. The molecule has 1 aromatic rings. The van der Waals surface area contributed by atoms with Gasteiger partial charge in [0.2, 0.25) is 0 Å². The van der Waals surface area contributed by atoms with Gasteiger partial charge in [0, 0.05) is 33.7 Å². The number of amides is 1. The molecule has 0 saturated carbocycles. The van der Waals surface area contributed by atoms with E-state index in [1.54, 1.807) is 31.1 Å². The largest absolute Gasteiger partial charge is 0.362 e. The van der Waals surface area contributed by atoms with Crippen molar-refractivity contribution in [3.63, 3.8) is 0 Å². The number of nitrogens with zero attached hydrogens (tertiary/aromatic N) is 2. The molecule has 1 spiro atoms. The van der Waals surface area contributed by atoms with Gasteiger partial charge in [0.1, 0.15) is 11.9 Å². The molecule has 0 unspecified atom stereocenters. The quantitative estimate of drug-likeness (QED) is 0.857. The minimum Gasteiger partial charge on any atom is -0.362 e. The van der Waals surface area contributed by atoms with Crippen LogP contribution in [0.4, 0.5) is 4.39 Å². The van der Waals surface area contributed by atoms with Crippen molar-refractivity contribution < 1.29 is 13.9 Å². The summed E-state index contributed by atoms with van der Waals surface area (Å²) in [6, 6.07) is 6.80. The monoisotopic (exact) mass is 320 g/mol. The number of halogens is 1. The number of carbonyl (C=O) groups is 1. The Labute approximate surface area is 137 Å². The molecule has 4 nitrogen and oxygen atoms in total. The number of carbonyl (C=O) groups excluding carboxylic acids is 1. The Morgan fingerprint density at radius 1 is 1.35 bits per heavy atom. The van der Waals surface area contributed by atoms with Crippen molar-refractivity contribution in [1.82, 2.24) is 9.80 Å². The Morgan fingerprint density at radius 3 is 2.74 bits per heavy atom. The molecule has 2 fully saturated rings. The van der Waals surface area contributed by atoms with Gasteiger partial charge in [-0.05, 0) is 43.4 Å². The fourth-order valence-corrected chi connectivity index (χ4v) is 3.66. The van der Waals surface area contributed by atoms with E-state index in [-0.39, 0.29) is 23.4 Å². The van der Waals surface area contributed by atoms with E-state index < -0.39 is 0 Å². The van der Waals surface area contributed by atoms with Gasteiger partial charge >= 0.3 is 0 Å². The molecule has 2 saturated heterocycles. The van der Waals surface area contributed by atoms with Crippen LogP contribution in [0.25, 0.3) is 0 Å². The summed E-state index contributed by atoms with van der Waals surface area (Å²) in [5, 5.41) is 0. The third-order valence-electron chi connectivity index (χ3n) is 5.03. The smallest absolute Gasteiger partial charge is 0.251 e. The average Bonchev–Trinajstić information content (AvgIpc) is 2.93. The summed E-state index contributed by atoms with van der Waals surface area (Å²) in [6.45, 7) is 2.63. The van der Waals surface area contributed by atoms with Gasteiger partial charge in [0.05, 0.1) is 5.60 Å². The molecule has 2 aliphatic rings. The molecule has 126 valence electrons. The first kappa shape index (κ1) is 16.4. The molecule has 0 bridgehead atoms. The first-order valence-electron chi connectivity index (χ1n) is 8.33. The molecule has 0 radical (unpaired) electrons. The minimum absolute atomic E-state index is 0.0732. The molecule has 0 N–H and O–H groups in total. The van der Waals surface area contributed by atoms with Crippen LogP contribution in [-0.4, -0.2) is 54.6 Å². The second kappa shape index (κ2) is 6.57. The van der Waals surface area contributed by atoms with Crippen molar-refractivity contribution in [2.75, 3.05) is 27.2 Å². The third-order valence-corrected chi connectivity index (χ3v) is 5.03. The zero-order valence-electron chi connectivity index (χ0n) is 13.9. The van der Waals surface area contributed by atoms with Gasteiger partial charge < -0.3 is 9.64 Å². The van der Waals surface area contributed by atoms with E-state index in [4.69, 9.17) is 4.74 Å². The summed E-state index contributed by atoms with van der Waals surface area (Å²) in [5.41, 5.74) is 0.878. The summed E-state index contributed by atoms with van der Waals surface area (Å²) >= 11 is 0. The van der Waals surface area contributed by atoms with Crippen molar-refractivity contribution in [2.45, 2.75) is 43.9 Å². The normalized spacial score (nSPS) is 24.0. The van der Waals surface area contributed by atoms with E-state index in [9.17, 15) is 9.18 Å². The van der Waals surface area contributed by atoms with E-state index in [0.29, 0.717) is 0 Å². The van der Waals surface area contributed by atoms with Crippen LogP contribution >= 0.6 is 0 Å². The van der Waals surface area contributed by atoms with Crippen LogP contribution in [0.5, 0.6) is 0 Å². The van der Waals surface area contributed by atoms with Gasteiger partial charge in [-0.2, -0.15) is 0 Å². The van der Waals surface area contributed by atoms with Gasteiger partial charge in [-0.25, -0.2) is 4.39 Å². The molecule has 23 heavy (non-hydrogen) atoms. The number of ether oxygens (including phenoxy) is 1. The topological polar surface area (TPSA) is 32.8 Å². The molecule has 3 rings (SSSR count). The highest BCUT2D eigenvalue weighted by molar-refractivity contribution is 5.80. The second-order valence-electron chi connectivity index (χ2n) is 6.97. The van der Waals surface area contributed by atoms with Crippen LogP contribution in [0, 0.1) is 5.82 Å². The fraction of sp³-hybridized carbons (Fsp3) is 0.611. The van der Waals surface area contributed by atoms with E-state index in [0.717, 1.165) is 50.9 Å². The third kappa shape index (κ3) is 3.72. The number of benzene rings is 1. The summed E-state index contributed by atoms with van der Waals surface area (Å²) in [7, 11) is 3.55. The number of piperidine rings is 1. The maximum Gasteiger partial charge on any atom is 0.251 e. The molecule has 1 atom stereocenters. The van der Waals surface area contributed by atoms with E-state index >= 15 is 0 Å². The predicted octanol–water partition coefficient (Wildman–Crippen LogP) is 2.43. The Bertz CT molecular complexity index is 568. The maximum atomic E-state index is 13.3. The highest BCUT2D eigenvalue weighted by Crippen LogP contribution is 2.39. The zero-order valence-corrected chi connectivity index (χ0v) is 13.9. The van der Waals surface area contributed by atoms with Gasteiger partial charge in [-0.15, -0.1) is 0 Å². The molecule has 2 aliphatic heterocycles.